The molecule has 1 saturated heterocycles. The molecule has 124 valence electrons. The van der Waals surface area contributed by atoms with Crippen LogP contribution in [0, 0.1) is 15.3 Å². The molecule has 0 bridgehead atoms. The topological polar surface area (TPSA) is 12.5 Å². The summed E-state index contributed by atoms with van der Waals surface area (Å²) in [5.41, 5.74) is 0.695. The smallest absolute Gasteiger partial charge is 0.129 e. The monoisotopic (exact) mass is 427 g/mol. The van der Waals surface area contributed by atoms with Crippen LogP contribution in [0.25, 0.3) is 0 Å². The van der Waals surface area contributed by atoms with Crippen molar-refractivity contribution in [1.82, 2.24) is 4.90 Å². The van der Waals surface area contributed by atoms with E-state index in [9.17, 15) is 4.39 Å². The van der Waals surface area contributed by atoms with E-state index in [1.807, 2.05) is 24.3 Å². The van der Waals surface area contributed by atoms with Crippen LogP contribution in [0.3, 0.4) is 0 Å². The number of allylic oxidation sites excluding steroid dienone is 3. The van der Waals surface area contributed by atoms with Crippen LogP contribution in [-0.4, -0.2) is 31.1 Å². The molecule has 0 spiro atoms. The largest absolute Gasteiger partial charge is 0.369 e. The summed E-state index contributed by atoms with van der Waals surface area (Å²) >= 11 is 2.24. The van der Waals surface area contributed by atoms with Gasteiger partial charge in [0.25, 0.3) is 0 Å². The SMILES string of the molecule is CN1CCC(OC(c2cc(I)ccc2F)C2C=CC=CC2)CC1. The first-order valence-corrected chi connectivity index (χ1v) is 9.33. The van der Waals surface area contributed by atoms with Crippen molar-refractivity contribution in [3.8, 4) is 0 Å². The number of benzene rings is 1. The molecule has 1 heterocycles. The van der Waals surface area contributed by atoms with E-state index in [-0.39, 0.29) is 23.9 Å². The zero-order valence-electron chi connectivity index (χ0n) is 13.4. The molecule has 2 aliphatic rings. The fourth-order valence-corrected chi connectivity index (χ4v) is 3.81. The molecule has 1 aliphatic carbocycles. The van der Waals surface area contributed by atoms with Gasteiger partial charge in [0.1, 0.15) is 5.82 Å². The van der Waals surface area contributed by atoms with Crippen molar-refractivity contribution in [3.05, 3.63) is 57.5 Å². The highest BCUT2D eigenvalue weighted by Crippen LogP contribution is 2.36. The van der Waals surface area contributed by atoms with E-state index in [2.05, 4.69) is 46.7 Å². The van der Waals surface area contributed by atoms with Gasteiger partial charge in [0.2, 0.25) is 0 Å². The lowest BCUT2D eigenvalue weighted by molar-refractivity contribution is -0.0599. The van der Waals surface area contributed by atoms with Gasteiger partial charge in [-0.15, -0.1) is 0 Å². The van der Waals surface area contributed by atoms with Gasteiger partial charge in [-0.25, -0.2) is 4.39 Å². The molecule has 0 aromatic heterocycles. The molecular formula is C19H23FINO. The molecule has 0 radical (unpaired) electrons. The van der Waals surface area contributed by atoms with Crippen molar-refractivity contribution in [2.75, 3.05) is 20.1 Å². The summed E-state index contributed by atoms with van der Waals surface area (Å²) in [4.78, 5) is 2.32. The molecule has 1 aliphatic heterocycles. The van der Waals surface area contributed by atoms with Gasteiger partial charge in [-0.2, -0.15) is 0 Å². The molecule has 2 nitrogen and oxygen atoms in total. The van der Waals surface area contributed by atoms with E-state index in [0.29, 0.717) is 5.56 Å². The van der Waals surface area contributed by atoms with Crippen LogP contribution in [0.1, 0.15) is 30.9 Å². The Hall–Kier alpha value is -0.720. The maximum Gasteiger partial charge on any atom is 0.129 e. The van der Waals surface area contributed by atoms with Gasteiger partial charge in [-0.3, -0.25) is 0 Å². The van der Waals surface area contributed by atoms with Crippen LogP contribution in [0.15, 0.2) is 42.5 Å². The Morgan fingerprint density at radius 2 is 2.04 bits per heavy atom. The standard InChI is InChI=1S/C19H23FINO/c1-22-11-9-16(10-12-22)23-19(14-5-3-2-4-6-14)17-13-15(21)7-8-18(17)20/h2-5,7-8,13-14,16,19H,6,9-12H2,1H3. The van der Waals surface area contributed by atoms with E-state index < -0.39 is 0 Å². The molecule has 1 aromatic rings. The quantitative estimate of drug-likeness (QED) is 0.646. The second-order valence-electron chi connectivity index (χ2n) is 6.44. The first-order chi connectivity index (χ1) is 11.1. The number of piperidine rings is 1. The Labute approximate surface area is 151 Å². The zero-order valence-corrected chi connectivity index (χ0v) is 15.6. The number of hydrogen-bond acceptors (Lipinski definition) is 2. The van der Waals surface area contributed by atoms with Crippen molar-refractivity contribution in [3.63, 3.8) is 0 Å². The second kappa shape index (κ2) is 7.90. The van der Waals surface area contributed by atoms with E-state index >= 15 is 0 Å². The number of halogens is 2. The Morgan fingerprint density at radius 1 is 1.26 bits per heavy atom. The molecule has 0 saturated carbocycles. The van der Waals surface area contributed by atoms with E-state index in [4.69, 9.17) is 4.74 Å². The normalized spacial score (nSPS) is 24.0. The molecule has 2 atom stereocenters. The number of rotatable bonds is 4. The van der Waals surface area contributed by atoms with Crippen LogP contribution in [-0.2, 0) is 4.74 Å². The van der Waals surface area contributed by atoms with Gasteiger partial charge in [-0.1, -0.05) is 24.3 Å². The van der Waals surface area contributed by atoms with E-state index in [1.54, 1.807) is 6.07 Å². The fourth-order valence-electron chi connectivity index (χ4n) is 3.29. The fraction of sp³-hybridized carbons (Fsp3) is 0.474. The summed E-state index contributed by atoms with van der Waals surface area (Å²) in [7, 11) is 2.14. The van der Waals surface area contributed by atoms with Crippen LogP contribution in [0.4, 0.5) is 4.39 Å². The number of likely N-dealkylation sites (tertiary alicyclic amines) is 1. The highest BCUT2D eigenvalue weighted by atomic mass is 127. The Kier molecular flexibility index (Phi) is 5.88. The lowest BCUT2D eigenvalue weighted by atomic mass is 9.89. The molecule has 0 N–H and O–H groups in total. The average Bonchev–Trinajstić information content (AvgIpc) is 2.57. The van der Waals surface area contributed by atoms with Gasteiger partial charge in [-0.05, 0) is 67.1 Å². The van der Waals surface area contributed by atoms with Gasteiger partial charge in [0.15, 0.2) is 0 Å². The lowest BCUT2D eigenvalue weighted by Crippen LogP contribution is -2.35. The highest BCUT2D eigenvalue weighted by Gasteiger charge is 2.29. The average molecular weight is 427 g/mol. The molecule has 4 heteroatoms. The Morgan fingerprint density at radius 3 is 2.74 bits per heavy atom. The maximum absolute atomic E-state index is 14.5. The third-order valence-corrected chi connectivity index (χ3v) is 5.34. The molecule has 23 heavy (non-hydrogen) atoms. The van der Waals surface area contributed by atoms with Crippen LogP contribution >= 0.6 is 22.6 Å². The number of ether oxygens (including phenoxy) is 1. The second-order valence-corrected chi connectivity index (χ2v) is 7.68. The molecule has 0 amide bonds. The predicted molar refractivity (Wildman–Crippen MR) is 99.8 cm³/mol. The van der Waals surface area contributed by atoms with Crippen molar-refractivity contribution < 1.29 is 9.13 Å². The minimum atomic E-state index is -0.209. The van der Waals surface area contributed by atoms with Crippen LogP contribution in [0.5, 0.6) is 0 Å². The molecule has 2 unspecified atom stereocenters. The molecule has 1 aromatic carbocycles. The minimum absolute atomic E-state index is 0.161. The third-order valence-electron chi connectivity index (χ3n) is 4.67. The first-order valence-electron chi connectivity index (χ1n) is 8.26. The van der Waals surface area contributed by atoms with Crippen molar-refractivity contribution in [2.45, 2.75) is 31.5 Å². The van der Waals surface area contributed by atoms with Gasteiger partial charge < -0.3 is 9.64 Å². The Bertz CT molecular complexity index is 593. The minimum Gasteiger partial charge on any atom is -0.369 e. The third kappa shape index (κ3) is 4.43. The summed E-state index contributed by atoms with van der Waals surface area (Å²) in [6, 6.07) is 5.30. The molecular weight excluding hydrogens is 404 g/mol. The summed E-state index contributed by atoms with van der Waals surface area (Å²) in [5.74, 6) is 0.0404. The van der Waals surface area contributed by atoms with Crippen molar-refractivity contribution >= 4 is 22.6 Å². The lowest BCUT2D eigenvalue weighted by Gasteiger charge is -2.34. The maximum atomic E-state index is 14.5. The molecule has 3 rings (SSSR count). The predicted octanol–water partition coefficient (Wildman–Crippen LogP) is 4.71. The van der Waals surface area contributed by atoms with Crippen molar-refractivity contribution in [1.29, 1.82) is 0 Å². The van der Waals surface area contributed by atoms with Gasteiger partial charge in [0, 0.05) is 28.1 Å². The zero-order chi connectivity index (χ0) is 16.2. The number of hydrogen-bond donors (Lipinski definition) is 0. The van der Waals surface area contributed by atoms with E-state index in [1.165, 1.54) is 0 Å². The highest BCUT2D eigenvalue weighted by molar-refractivity contribution is 14.1. The Balaban J connectivity index is 1.83. The summed E-state index contributed by atoms with van der Waals surface area (Å²) in [6.45, 7) is 2.10. The molecule has 1 fully saturated rings. The van der Waals surface area contributed by atoms with E-state index in [0.717, 1.165) is 35.9 Å². The summed E-state index contributed by atoms with van der Waals surface area (Å²) in [6.07, 6.45) is 11.3. The summed E-state index contributed by atoms with van der Waals surface area (Å²) in [5, 5.41) is 0. The van der Waals surface area contributed by atoms with Gasteiger partial charge >= 0.3 is 0 Å². The van der Waals surface area contributed by atoms with Crippen LogP contribution < -0.4 is 0 Å². The number of nitrogens with zero attached hydrogens (tertiary/aromatic N) is 1. The van der Waals surface area contributed by atoms with Gasteiger partial charge in [0.05, 0.1) is 12.2 Å². The first kappa shape index (κ1) is 17.1. The summed E-state index contributed by atoms with van der Waals surface area (Å²) < 4.78 is 22.0. The van der Waals surface area contributed by atoms with Crippen LogP contribution in [0.2, 0.25) is 0 Å². The van der Waals surface area contributed by atoms with Crippen molar-refractivity contribution in [2.24, 2.45) is 5.92 Å².